The molecule has 0 radical (unpaired) electrons. The van der Waals surface area contributed by atoms with E-state index >= 15 is 0 Å². The third kappa shape index (κ3) is 5.44. The average molecular weight is 526 g/mol. The number of alkyl halides is 3. The van der Waals surface area contributed by atoms with Gasteiger partial charge in [-0.25, -0.2) is 5.01 Å². The summed E-state index contributed by atoms with van der Waals surface area (Å²) < 4.78 is 38.7. The fourth-order valence-corrected chi connectivity index (χ4v) is 4.95. The lowest BCUT2D eigenvalue weighted by Crippen LogP contribution is -2.52. The normalized spacial score (nSPS) is 19.2. The first-order valence-electron chi connectivity index (χ1n) is 10.8. The lowest BCUT2D eigenvalue weighted by atomic mass is 10.1. The summed E-state index contributed by atoms with van der Waals surface area (Å²) in [6.45, 7) is 1.65. The van der Waals surface area contributed by atoms with Crippen molar-refractivity contribution >= 4 is 29.3 Å². The molecule has 1 aliphatic heterocycles. The molecule has 1 saturated heterocycles. The van der Waals surface area contributed by atoms with Gasteiger partial charge < -0.3 is 0 Å². The fraction of sp³-hybridized carbons (Fsp3) is 0.154. The molecule has 0 spiro atoms. The molecule has 188 valence electrons. The third-order valence-corrected chi connectivity index (χ3v) is 7.07. The topological polar surface area (TPSA) is 92.6 Å². The summed E-state index contributed by atoms with van der Waals surface area (Å²) in [5.41, 5.74) is 2.51. The van der Waals surface area contributed by atoms with Crippen molar-refractivity contribution in [1.29, 1.82) is 0 Å². The second-order valence-electron chi connectivity index (χ2n) is 8.11. The molecule has 3 aromatic rings. The second kappa shape index (κ2) is 9.99. The van der Waals surface area contributed by atoms with E-state index in [1.165, 1.54) is 24.3 Å². The quantitative estimate of drug-likeness (QED) is 0.290. The third-order valence-electron chi connectivity index (χ3n) is 5.64. The van der Waals surface area contributed by atoms with Crippen molar-refractivity contribution in [3.63, 3.8) is 0 Å². The highest BCUT2D eigenvalue weighted by Crippen LogP contribution is 2.47. The van der Waals surface area contributed by atoms with Crippen LogP contribution in [0.5, 0.6) is 0 Å². The minimum Gasteiger partial charge on any atom is -0.271 e. The molecular weight excluding hydrogens is 507 g/mol. The van der Waals surface area contributed by atoms with E-state index in [-0.39, 0.29) is 11.3 Å². The lowest BCUT2D eigenvalue weighted by molar-refractivity contribution is -0.384. The van der Waals surface area contributed by atoms with Gasteiger partial charge in [0.25, 0.3) is 17.5 Å². The number of thioether (sulfide) groups is 1. The van der Waals surface area contributed by atoms with Crippen molar-refractivity contribution in [2.45, 2.75) is 23.2 Å². The molecule has 3 aromatic carbocycles. The maximum absolute atomic E-state index is 13.4. The molecule has 2 atom stereocenters. The molecule has 1 N–H and O–H groups in total. The molecule has 1 heterocycles. The minimum atomic E-state index is -4.56. The standard InChI is InChI=1S/C26H18F3N3O4S/c1-25(19-12-14-21(15-13-19)32(35)36)31(24(34)22(37-25)16-7-17-5-3-2-4-6-17)30-23(33)18-8-10-20(11-9-18)26(27,28)29/h2-6,8-15,22H,1H3,(H,30,33). The Morgan fingerprint density at radius 1 is 1.05 bits per heavy atom. The smallest absolute Gasteiger partial charge is 0.271 e. The maximum atomic E-state index is 13.4. The van der Waals surface area contributed by atoms with Gasteiger partial charge in [-0.05, 0) is 61.0 Å². The van der Waals surface area contributed by atoms with E-state index in [1.54, 1.807) is 31.2 Å². The molecule has 1 aliphatic rings. The zero-order chi connectivity index (χ0) is 26.8. The molecule has 37 heavy (non-hydrogen) atoms. The van der Waals surface area contributed by atoms with Gasteiger partial charge in [0.05, 0.1) is 10.5 Å². The largest absolute Gasteiger partial charge is 0.416 e. The highest BCUT2D eigenvalue weighted by molar-refractivity contribution is 8.02. The van der Waals surface area contributed by atoms with E-state index in [0.29, 0.717) is 11.1 Å². The van der Waals surface area contributed by atoms with Gasteiger partial charge in [-0.2, -0.15) is 13.2 Å². The first-order chi connectivity index (χ1) is 17.5. The molecular formula is C26H18F3N3O4S. The van der Waals surface area contributed by atoms with E-state index in [4.69, 9.17) is 0 Å². The van der Waals surface area contributed by atoms with Gasteiger partial charge in [0.1, 0.15) is 10.1 Å². The molecule has 0 bridgehead atoms. The summed E-state index contributed by atoms with van der Waals surface area (Å²) in [7, 11) is 0. The molecule has 0 saturated carbocycles. The number of hydrogen-bond acceptors (Lipinski definition) is 5. The second-order valence-corrected chi connectivity index (χ2v) is 9.61. The fourth-order valence-electron chi connectivity index (χ4n) is 3.65. The number of carbonyl (C=O) groups excluding carboxylic acids is 2. The summed E-state index contributed by atoms with van der Waals surface area (Å²) >= 11 is 1.13. The van der Waals surface area contributed by atoms with Crippen LogP contribution >= 0.6 is 11.8 Å². The van der Waals surface area contributed by atoms with Crippen molar-refractivity contribution in [2.75, 3.05) is 0 Å². The van der Waals surface area contributed by atoms with Gasteiger partial charge in [0.15, 0.2) is 0 Å². The summed E-state index contributed by atoms with van der Waals surface area (Å²) in [6, 6.07) is 18.1. The van der Waals surface area contributed by atoms with Gasteiger partial charge in [-0.15, -0.1) is 11.8 Å². The van der Waals surface area contributed by atoms with E-state index in [9.17, 15) is 32.9 Å². The Bertz CT molecular complexity index is 1400. The van der Waals surface area contributed by atoms with Gasteiger partial charge in [0, 0.05) is 23.3 Å². The molecule has 1 fully saturated rings. The predicted molar refractivity (Wildman–Crippen MR) is 131 cm³/mol. The predicted octanol–water partition coefficient (Wildman–Crippen LogP) is 5.13. The molecule has 0 aromatic heterocycles. The Morgan fingerprint density at radius 2 is 1.68 bits per heavy atom. The number of nitro groups is 1. The van der Waals surface area contributed by atoms with Crippen LogP contribution in [0.25, 0.3) is 0 Å². The molecule has 0 aliphatic carbocycles. The van der Waals surface area contributed by atoms with Gasteiger partial charge in [-0.1, -0.05) is 30.0 Å². The van der Waals surface area contributed by atoms with Crippen LogP contribution in [0.2, 0.25) is 0 Å². The molecule has 2 amide bonds. The zero-order valence-electron chi connectivity index (χ0n) is 19.2. The van der Waals surface area contributed by atoms with Crippen molar-refractivity contribution in [1.82, 2.24) is 10.4 Å². The van der Waals surface area contributed by atoms with Gasteiger partial charge >= 0.3 is 6.18 Å². The maximum Gasteiger partial charge on any atom is 0.416 e. The van der Waals surface area contributed by atoms with Crippen molar-refractivity contribution < 1.29 is 27.7 Å². The Kier molecular flexibility index (Phi) is 6.96. The average Bonchev–Trinajstić information content (AvgIpc) is 3.13. The van der Waals surface area contributed by atoms with E-state index in [0.717, 1.165) is 41.0 Å². The molecule has 7 nitrogen and oxygen atoms in total. The van der Waals surface area contributed by atoms with Gasteiger partial charge in [-0.3, -0.25) is 25.1 Å². The van der Waals surface area contributed by atoms with E-state index in [1.807, 2.05) is 6.07 Å². The first-order valence-corrected chi connectivity index (χ1v) is 11.7. The van der Waals surface area contributed by atoms with Gasteiger partial charge in [0.2, 0.25) is 0 Å². The van der Waals surface area contributed by atoms with Crippen LogP contribution < -0.4 is 5.43 Å². The number of amides is 2. The number of hydrazine groups is 1. The highest BCUT2D eigenvalue weighted by atomic mass is 32.2. The number of nitrogens with zero attached hydrogens (tertiary/aromatic N) is 2. The SMILES string of the molecule is CC1(c2ccc([N+](=O)[O-])cc2)SC(C#Cc2ccccc2)C(=O)N1NC(=O)c1ccc(C(F)(F)F)cc1. The number of nitrogens with one attached hydrogen (secondary N) is 1. The van der Waals surface area contributed by atoms with Crippen LogP contribution in [0.4, 0.5) is 18.9 Å². The number of hydrogen-bond donors (Lipinski definition) is 1. The van der Waals surface area contributed by atoms with Crippen LogP contribution in [0.3, 0.4) is 0 Å². The number of nitro benzene ring substituents is 1. The van der Waals surface area contributed by atoms with Crippen LogP contribution in [0, 0.1) is 22.0 Å². The molecule has 11 heteroatoms. The van der Waals surface area contributed by atoms with Crippen molar-refractivity contribution in [2.24, 2.45) is 0 Å². The first kappa shape index (κ1) is 25.8. The van der Waals surface area contributed by atoms with Crippen LogP contribution in [-0.4, -0.2) is 27.0 Å². The number of halogens is 3. The van der Waals surface area contributed by atoms with Crippen molar-refractivity contribution in [3.05, 3.63) is 111 Å². The number of rotatable bonds is 4. The van der Waals surface area contributed by atoms with E-state index in [2.05, 4.69) is 17.3 Å². The number of benzene rings is 3. The lowest BCUT2D eigenvalue weighted by Gasteiger charge is -2.34. The van der Waals surface area contributed by atoms with Crippen LogP contribution in [0.15, 0.2) is 78.9 Å². The van der Waals surface area contributed by atoms with Crippen LogP contribution in [-0.2, 0) is 15.8 Å². The summed E-state index contributed by atoms with van der Waals surface area (Å²) in [4.78, 5) is 35.6. The Morgan fingerprint density at radius 3 is 2.24 bits per heavy atom. The Balaban J connectivity index is 1.66. The summed E-state index contributed by atoms with van der Waals surface area (Å²) in [5.74, 6) is 4.49. The molecule has 2 unspecified atom stereocenters. The minimum absolute atomic E-state index is 0.0873. The zero-order valence-corrected chi connectivity index (χ0v) is 20.0. The monoisotopic (exact) mass is 525 g/mol. The molecule has 4 rings (SSSR count). The van der Waals surface area contributed by atoms with Crippen molar-refractivity contribution in [3.8, 4) is 11.8 Å². The number of non-ortho nitro benzene ring substituents is 1. The summed E-state index contributed by atoms with van der Waals surface area (Å²) in [6.07, 6.45) is -4.56. The highest BCUT2D eigenvalue weighted by Gasteiger charge is 2.50. The Labute approximate surface area is 213 Å². The van der Waals surface area contributed by atoms with Crippen LogP contribution in [0.1, 0.15) is 34.0 Å². The summed E-state index contributed by atoms with van der Waals surface area (Å²) in [5, 5.41) is 11.3. The number of carbonyl (C=O) groups is 2. The van der Waals surface area contributed by atoms with E-state index < -0.39 is 38.6 Å². The Hall–Kier alpha value is -4.30.